The molecule has 2 rings (SSSR count). The summed E-state index contributed by atoms with van der Waals surface area (Å²) in [5.41, 5.74) is 0.758. The number of amides is 2. The summed E-state index contributed by atoms with van der Waals surface area (Å²) in [6.07, 6.45) is -2.42. The molecule has 9 nitrogen and oxygen atoms in total. The fourth-order valence-corrected chi connectivity index (χ4v) is 2.81. The second kappa shape index (κ2) is 11.5. The number of carboxylic acid groups (broad SMARTS) is 1. The number of ether oxygens (including phenoxy) is 1. The van der Waals surface area contributed by atoms with Crippen LogP contribution in [0, 0.1) is 0 Å². The van der Waals surface area contributed by atoms with Crippen molar-refractivity contribution in [2.75, 3.05) is 6.61 Å². The van der Waals surface area contributed by atoms with Crippen LogP contribution in [-0.2, 0) is 19.1 Å². The first kappa shape index (κ1) is 23.6. The molecule has 3 atom stereocenters. The van der Waals surface area contributed by atoms with E-state index in [0.29, 0.717) is 11.1 Å². The number of hydrogen-bond donors (Lipinski definition) is 4. The normalized spacial score (nSPS) is 13.4. The van der Waals surface area contributed by atoms with Gasteiger partial charge in [-0.1, -0.05) is 48.5 Å². The molecule has 164 valence electrons. The van der Waals surface area contributed by atoms with Crippen molar-refractivity contribution in [1.82, 2.24) is 10.6 Å². The number of aliphatic hydroxyl groups excluding tert-OH is 1. The minimum atomic E-state index is -1.82. The third kappa shape index (κ3) is 6.93. The van der Waals surface area contributed by atoms with Crippen molar-refractivity contribution in [3.05, 3.63) is 71.8 Å². The van der Waals surface area contributed by atoms with Crippen LogP contribution in [0.2, 0.25) is 0 Å². The maximum atomic E-state index is 12.6. The van der Waals surface area contributed by atoms with E-state index < -0.39 is 48.4 Å². The quantitative estimate of drug-likeness (QED) is 0.414. The van der Waals surface area contributed by atoms with Crippen LogP contribution in [-0.4, -0.2) is 52.7 Å². The lowest BCUT2D eigenvalue weighted by molar-refractivity contribution is -0.151. The zero-order valence-corrected chi connectivity index (χ0v) is 16.9. The van der Waals surface area contributed by atoms with Gasteiger partial charge in [-0.25, -0.2) is 4.79 Å². The maximum Gasteiger partial charge on any atom is 0.326 e. The summed E-state index contributed by atoms with van der Waals surface area (Å²) in [4.78, 5) is 48.2. The first-order chi connectivity index (χ1) is 14.8. The van der Waals surface area contributed by atoms with Crippen molar-refractivity contribution < 1.29 is 34.1 Å². The Kier molecular flexibility index (Phi) is 8.71. The highest BCUT2D eigenvalue weighted by molar-refractivity contribution is 5.95. The largest absolute Gasteiger partial charge is 0.480 e. The van der Waals surface area contributed by atoms with Gasteiger partial charge < -0.3 is 25.6 Å². The maximum absolute atomic E-state index is 12.6. The molecule has 0 saturated carbocycles. The van der Waals surface area contributed by atoms with Gasteiger partial charge >= 0.3 is 11.9 Å². The van der Waals surface area contributed by atoms with Gasteiger partial charge in [-0.3, -0.25) is 14.4 Å². The highest BCUT2D eigenvalue weighted by atomic mass is 16.5. The van der Waals surface area contributed by atoms with Crippen LogP contribution in [0.3, 0.4) is 0 Å². The van der Waals surface area contributed by atoms with Crippen molar-refractivity contribution in [2.24, 2.45) is 0 Å². The van der Waals surface area contributed by atoms with Crippen molar-refractivity contribution in [3.8, 4) is 0 Å². The standard InChI is InChI=1S/C22H24N2O7/c1-2-31-17(25)13-16(22(29)30)23-21(28)19(26)18(14-9-5-3-6-10-14)24-20(27)15-11-7-4-8-12-15/h3-12,16,18-19,26H,2,13H2,1H3,(H,23,28)(H,24,27)(H,29,30)/t16-,18+,19-/m1/s1. The van der Waals surface area contributed by atoms with E-state index in [4.69, 9.17) is 4.74 Å². The number of esters is 1. The summed E-state index contributed by atoms with van der Waals surface area (Å²) in [6, 6.07) is 13.8. The van der Waals surface area contributed by atoms with Crippen LogP contribution in [0.15, 0.2) is 60.7 Å². The number of carbonyl (C=O) groups excluding carboxylic acids is 3. The molecular weight excluding hydrogens is 404 g/mol. The molecule has 0 aliphatic rings. The van der Waals surface area contributed by atoms with Gasteiger partial charge in [0.2, 0.25) is 0 Å². The van der Waals surface area contributed by atoms with Gasteiger partial charge in [0.05, 0.1) is 19.1 Å². The van der Waals surface area contributed by atoms with Crippen LogP contribution < -0.4 is 10.6 Å². The van der Waals surface area contributed by atoms with E-state index in [9.17, 15) is 29.4 Å². The van der Waals surface area contributed by atoms with Crippen molar-refractivity contribution in [2.45, 2.75) is 31.5 Å². The number of benzene rings is 2. The summed E-state index contributed by atoms with van der Waals surface area (Å²) in [7, 11) is 0. The summed E-state index contributed by atoms with van der Waals surface area (Å²) < 4.78 is 4.71. The third-order valence-electron chi connectivity index (χ3n) is 4.36. The Hall–Kier alpha value is -3.72. The molecule has 2 aromatic carbocycles. The van der Waals surface area contributed by atoms with E-state index in [1.54, 1.807) is 67.6 Å². The Morgan fingerprint density at radius 1 is 0.935 bits per heavy atom. The first-order valence-corrected chi connectivity index (χ1v) is 9.61. The average Bonchev–Trinajstić information content (AvgIpc) is 2.77. The Labute approximate surface area is 179 Å². The van der Waals surface area contributed by atoms with E-state index >= 15 is 0 Å². The van der Waals surface area contributed by atoms with E-state index in [1.807, 2.05) is 0 Å². The fraction of sp³-hybridized carbons (Fsp3) is 0.273. The Morgan fingerprint density at radius 3 is 2.06 bits per heavy atom. The van der Waals surface area contributed by atoms with Gasteiger partial charge in [0.15, 0.2) is 6.10 Å². The monoisotopic (exact) mass is 428 g/mol. The lowest BCUT2D eigenvalue weighted by Crippen LogP contribution is -2.50. The van der Waals surface area contributed by atoms with Gasteiger partial charge in [-0.05, 0) is 24.6 Å². The summed E-state index contributed by atoms with van der Waals surface area (Å²) in [6.45, 7) is 1.62. The summed E-state index contributed by atoms with van der Waals surface area (Å²) in [5.74, 6) is -3.85. The number of carboxylic acids is 1. The van der Waals surface area contributed by atoms with Crippen LogP contribution >= 0.6 is 0 Å². The molecule has 0 aliphatic carbocycles. The topological polar surface area (TPSA) is 142 Å². The van der Waals surface area contributed by atoms with Crippen molar-refractivity contribution >= 4 is 23.8 Å². The Bertz CT molecular complexity index is 903. The Morgan fingerprint density at radius 2 is 1.52 bits per heavy atom. The number of hydrogen-bond acceptors (Lipinski definition) is 6. The molecule has 0 unspecified atom stereocenters. The molecule has 31 heavy (non-hydrogen) atoms. The summed E-state index contributed by atoms with van der Waals surface area (Å²) in [5, 5.41) is 24.7. The Balaban J connectivity index is 2.20. The molecule has 0 fully saturated rings. The smallest absolute Gasteiger partial charge is 0.326 e. The van der Waals surface area contributed by atoms with Crippen LogP contribution in [0.1, 0.15) is 35.3 Å². The van der Waals surface area contributed by atoms with E-state index in [-0.39, 0.29) is 6.61 Å². The second-order valence-electron chi connectivity index (χ2n) is 6.58. The fourth-order valence-electron chi connectivity index (χ4n) is 2.81. The number of aliphatic carboxylic acids is 1. The summed E-state index contributed by atoms with van der Waals surface area (Å²) >= 11 is 0. The minimum Gasteiger partial charge on any atom is -0.480 e. The van der Waals surface area contributed by atoms with E-state index in [2.05, 4.69) is 10.6 Å². The molecule has 0 spiro atoms. The third-order valence-corrected chi connectivity index (χ3v) is 4.36. The number of aliphatic hydroxyl groups is 1. The van der Waals surface area contributed by atoms with Crippen LogP contribution in [0.5, 0.6) is 0 Å². The van der Waals surface area contributed by atoms with Gasteiger partial charge in [-0.2, -0.15) is 0 Å². The second-order valence-corrected chi connectivity index (χ2v) is 6.58. The van der Waals surface area contributed by atoms with Crippen molar-refractivity contribution in [3.63, 3.8) is 0 Å². The SMILES string of the molecule is CCOC(=O)C[C@@H](NC(=O)[C@H](O)[C@@H](NC(=O)c1ccccc1)c1ccccc1)C(=O)O. The average molecular weight is 428 g/mol. The molecular formula is C22H24N2O7. The van der Waals surface area contributed by atoms with E-state index in [0.717, 1.165) is 0 Å². The van der Waals surface area contributed by atoms with Gasteiger partial charge in [0.25, 0.3) is 11.8 Å². The van der Waals surface area contributed by atoms with Crippen molar-refractivity contribution in [1.29, 1.82) is 0 Å². The lowest BCUT2D eigenvalue weighted by Gasteiger charge is -2.25. The highest BCUT2D eigenvalue weighted by Crippen LogP contribution is 2.18. The van der Waals surface area contributed by atoms with Gasteiger partial charge in [0.1, 0.15) is 6.04 Å². The van der Waals surface area contributed by atoms with Crippen LogP contribution in [0.25, 0.3) is 0 Å². The lowest BCUT2D eigenvalue weighted by atomic mass is 9.99. The minimum absolute atomic E-state index is 0.0589. The van der Waals surface area contributed by atoms with Gasteiger partial charge in [-0.15, -0.1) is 0 Å². The zero-order valence-electron chi connectivity index (χ0n) is 16.9. The molecule has 0 aliphatic heterocycles. The molecule has 2 aromatic rings. The molecule has 0 heterocycles. The zero-order chi connectivity index (χ0) is 22.8. The van der Waals surface area contributed by atoms with E-state index in [1.165, 1.54) is 0 Å². The number of carbonyl (C=O) groups is 4. The first-order valence-electron chi connectivity index (χ1n) is 9.61. The molecule has 0 saturated heterocycles. The number of nitrogens with one attached hydrogen (secondary N) is 2. The molecule has 2 amide bonds. The number of rotatable bonds is 10. The molecule has 0 radical (unpaired) electrons. The highest BCUT2D eigenvalue weighted by Gasteiger charge is 2.33. The predicted octanol–water partition coefficient (Wildman–Crippen LogP) is 1.04. The molecule has 0 bridgehead atoms. The molecule has 4 N–H and O–H groups in total. The van der Waals surface area contributed by atoms with Crippen LogP contribution in [0.4, 0.5) is 0 Å². The molecule has 0 aromatic heterocycles. The van der Waals surface area contributed by atoms with Gasteiger partial charge in [0, 0.05) is 5.56 Å². The molecule has 9 heteroatoms. The predicted molar refractivity (Wildman–Crippen MR) is 110 cm³/mol.